The Morgan fingerprint density at radius 1 is 0.654 bits per heavy atom. The molecule has 0 amide bonds. The molecule has 0 heterocycles. The maximum absolute atomic E-state index is 13.5. The third-order valence-corrected chi connectivity index (χ3v) is 4.04. The van der Waals surface area contributed by atoms with Crippen molar-refractivity contribution in [2.45, 2.75) is 6.18 Å². The molecule has 6 N–H and O–H groups in total. The lowest BCUT2D eigenvalue weighted by molar-refractivity contribution is -0.137. The molecule has 3 aromatic rings. The minimum absolute atomic E-state index is 0.0113. The van der Waals surface area contributed by atoms with Gasteiger partial charge < -0.3 is 21.7 Å². The molecular formula is C19H15F3N2O2. The van der Waals surface area contributed by atoms with Gasteiger partial charge in [-0.25, -0.2) is 0 Å². The number of nitrogens with two attached hydrogens (primary N) is 2. The molecule has 0 radical (unpaired) electrons. The fraction of sp³-hybridized carbons (Fsp3) is 0.0526. The smallest absolute Gasteiger partial charge is 0.417 e. The van der Waals surface area contributed by atoms with Crippen molar-refractivity contribution in [1.82, 2.24) is 0 Å². The molecule has 0 aliphatic heterocycles. The van der Waals surface area contributed by atoms with Crippen molar-refractivity contribution in [3.8, 4) is 33.8 Å². The summed E-state index contributed by atoms with van der Waals surface area (Å²) in [4.78, 5) is 0. The zero-order valence-electron chi connectivity index (χ0n) is 13.4. The van der Waals surface area contributed by atoms with Crippen molar-refractivity contribution in [1.29, 1.82) is 0 Å². The van der Waals surface area contributed by atoms with E-state index in [2.05, 4.69) is 0 Å². The molecule has 4 nitrogen and oxygen atoms in total. The minimum Gasteiger partial charge on any atom is -0.507 e. The molecule has 0 aliphatic rings. The maximum atomic E-state index is 13.5. The highest BCUT2D eigenvalue weighted by atomic mass is 19.4. The fourth-order valence-corrected chi connectivity index (χ4v) is 2.93. The van der Waals surface area contributed by atoms with Gasteiger partial charge in [-0.1, -0.05) is 24.3 Å². The summed E-state index contributed by atoms with van der Waals surface area (Å²) in [7, 11) is 0. The summed E-state index contributed by atoms with van der Waals surface area (Å²) >= 11 is 0. The van der Waals surface area contributed by atoms with Crippen LogP contribution in [0.2, 0.25) is 0 Å². The minimum atomic E-state index is -4.63. The SMILES string of the molecule is Nc1cccc(O)c1-c1c(O)ccc(N)c1-c1ccccc1C(F)(F)F. The molecule has 0 bridgehead atoms. The van der Waals surface area contributed by atoms with Gasteiger partial charge in [0.15, 0.2) is 0 Å². The van der Waals surface area contributed by atoms with Crippen LogP contribution < -0.4 is 11.5 Å². The molecule has 0 aromatic heterocycles. The number of alkyl halides is 3. The molecule has 7 heteroatoms. The molecule has 0 saturated carbocycles. The van der Waals surface area contributed by atoms with Crippen LogP contribution in [0.1, 0.15) is 5.56 Å². The summed E-state index contributed by atoms with van der Waals surface area (Å²) in [5.41, 5.74) is 10.8. The second kappa shape index (κ2) is 6.18. The summed E-state index contributed by atoms with van der Waals surface area (Å²) in [6.07, 6.45) is -4.63. The Bertz CT molecular complexity index is 965. The number of nitrogen functional groups attached to an aromatic ring is 2. The highest BCUT2D eigenvalue weighted by molar-refractivity contribution is 6.00. The van der Waals surface area contributed by atoms with Crippen LogP contribution in [0.4, 0.5) is 24.5 Å². The number of phenols is 2. The molecule has 26 heavy (non-hydrogen) atoms. The molecule has 0 aliphatic carbocycles. The second-order valence-corrected chi connectivity index (χ2v) is 5.71. The molecule has 0 atom stereocenters. The zero-order chi connectivity index (χ0) is 19.1. The molecule has 0 saturated heterocycles. The standard InChI is InChI=1S/C19H15F3N2O2/c20-19(21,22)11-5-2-1-4-10(11)16-13(24)8-9-15(26)18(16)17-12(23)6-3-7-14(17)25/h1-9,25-26H,23-24H2. The highest BCUT2D eigenvalue weighted by Gasteiger charge is 2.35. The largest absolute Gasteiger partial charge is 0.507 e. The van der Waals surface area contributed by atoms with E-state index in [-0.39, 0.29) is 45.1 Å². The topological polar surface area (TPSA) is 92.5 Å². The van der Waals surface area contributed by atoms with E-state index in [1.54, 1.807) is 0 Å². The van der Waals surface area contributed by atoms with Crippen LogP contribution in [0.3, 0.4) is 0 Å². The van der Waals surface area contributed by atoms with Crippen LogP contribution in [-0.4, -0.2) is 10.2 Å². The van der Waals surface area contributed by atoms with E-state index < -0.39 is 11.7 Å². The fourth-order valence-electron chi connectivity index (χ4n) is 2.93. The zero-order valence-corrected chi connectivity index (χ0v) is 13.4. The van der Waals surface area contributed by atoms with Gasteiger partial charge in [0.25, 0.3) is 0 Å². The third kappa shape index (κ3) is 2.88. The monoisotopic (exact) mass is 360 g/mol. The van der Waals surface area contributed by atoms with E-state index in [4.69, 9.17) is 11.5 Å². The second-order valence-electron chi connectivity index (χ2n) is 5.71. The first-order chi connectivity index (χ1) is 12.2. The number of benzene rings is 3. The molecular weight excluding hydrogens is 345 g/mol. The van der Waals surface area contributed by atoms with Gasteiger partial charge in [-0.2, -0.15) is 13.2 Å². The van der Waals surface area contributed by atoms with Crippen LogP contribution >= 0.6 is 0 Å². The van der Waals surface area contributed by atoms with Crippen LogP contribution in [0, 0.1) is 0 Å². The lowest BCUT2D eigenvalue weighted by Gasteiger charge is -2.20. The number of hydrogen-bond donors (Lipinski definition) is 4. The Kier molecular flexibility index (Phi) is 4.15. The van der Waals surface area contributed by atoms with E-state index in [1.165, 1.54) is 48.5 Å². The van der Waals surface area contributed by atoms with Crippen molar-refractivity contribution in [3.05, 3.63) is 60.2 Å². The van der Waals surface area contributed by atoms with Crippen LogP contribution in [0.5, 0.6) is 11.5 Å². The number of hydrogen-bond acceptors (Lipinski definition) is 4. The van der Waals surface area contributed by atoms with Crippen LogP contribution in [0.25, 0.3) is 22.3 Å². The van der Waals surface area contributed by atoms with E-state index in [1.807, 2.05) is 0 Å². The predicted molar refractivity (Wildman–Crippen MR) is 94.5 cm³/mol. The van der Waals surface area contributed by atoms with E-state index >= 15 is 0 Å². The van der Waals surface area contributed by atoms with Crippen molar-refractivity contribution >= 4 is 11.4 Å². The first kappa shape index (κ1) is 17.5. The summed E-state index contributed by atoms with van der Waals surface area (Å²) in [6.45, 7) is 0. The highest BCUT2D eigenvalue weighted by Crippen LogP contribution is 2.49. The lowest BCUT2D eigenvalue weighted by Crippen LogP contribution is -2.08. The van der Waals surface area contributed by atoms with Crippen LogP contribution in [0.15, 0.2) is 54.6 Å². The van der Waals surface area contributed by atoms with Crippen molar-refractivity contribution in [3.63, 3.8) is 0 Å². The predicted octanol–water partition coefficient (Wildman–Crippen LogP) is 4.62. The number of phenolic OH excluding ortho intramolecular Hbond substituents is 2. The maximum Gasteiger partial charge on any atom is 0.417 e. The van der Waals surface area contributed by atoms with Gasteiger partial charge in [0.2, 0.25) is 0 Å². The molecule has 0 fully saturated rings. The van der Waals surface area contributed by atoms with Gasteiger partial charge in [0, 0.05) is 22.5 Å². The Morgan fingerprint density at radius 2 is 1.27 bits per heavy atom. The Labute approximate surface area is 147 Å². The van der Waals surface area contributed by atoms with Gasteiger partial charge in [0.1, 0.15) is 11.5 Å². The van der Waals surface area contributed by atoms with Crippen LogP contribution in [-0.2, 0) is 6.18 Å². The molecule has 3 aromatic carbocycles. The number of rotatable bonds is 2. The van der Waals surface area contributed by atoms with Crippen molar-refractivity contribution in [2.24, 2.45) is 0 Å². The number of aromatic hydroxyl groups is 2. The quantitative estimate of drug-likeness (QED) is 0.396. The van der Waals surface area contributed by atoms with Gasteiger partial charge in [-0.15, -0.1) is 0 Å². The Hall–Kier alpha value is -3.35. The average Bonchev–Trinajstić information content (AvgIpc) is 2.57. The van der Waals surface area contributed by atoms with Gasteiger partial charge >= 0.3 is 6.18 Å². The van der Waals surface area contributed by atoms with E-state index in [0.717, 1.165) is 6.07 Å². The van der Waals surface area contributed by atoms with Gasteiger partial charge in [0.05, 0.1) is 11.1 Å². The summed E-state index contributed by atoms with van der Waals surface area (Å²) < 4.78 is 40.4. The summed E-state index contributed by atoms with van der Waals surface area (Å²) in [5.74, 6) is -0.629. The number of halogens is 3. The Balaban J connectivity index is 2.45. The third-order valence-electron chi connectivity index (χ3n) is 4.04. The van der Waals surface area contributed by atoms with Gasteiger partial charge in [-0.05, 0) is 35.9 Å². The van der Waals surface area contributed by atoms with E-state index in [9.17, 15) is 23.4 Å². The van der Waals surface area contributed by atoms with E-state index in [0.29, 0.717) is 0 Å². The first-order valence-corrected chi connectivity index (χ1v) is 7.57. The molecule has 0 spiro atoms. The Morgan fingerprint density at radius 3 is 1.92 bits per heavy atom. The summed E-state index contributed by atoms with van der Waals surface area (Å²) in [6, 6.07) is 11.7. The first-order valence-electron chi connectivity index (χ1n) is 7.57. The van der Waals surface area contributed by atoms with Crippen molar-refractivity contribution < 1.29 is 23.4 Å². The summed E-state index contributed by atoms with van der Waals surface area (Å²) in [5, 5.41) is 20.6. The molecule has 3 rings (SSSR count). The molecule has 0 unspecified atom stereocenters. The normalized spacial score (nSPS) is 11.5. The number of anilines is 2. The van der Waals surface area contributed by atoms with Crippen molar-refractivity contribution in [2.75, 3.05) is 11.5 Å². The van der Waals surface area contributed by atoms with Gasteiger partial charge in [-0.3, -0.25) is 0 Å². The average molecular weight is 360 g/mol. The molecule has 134 valence electrons. The lowest BCUT2D eigenvalue weighted by atomic mass is 9.88.